The largest absolute Gasteiger partial charge is 0.467 e. The summed E-state index contributed by atoms with van der Waals surface area (Å²) in [6.45, 7) is 4.38. The SMILES string of the molecule is CC(C)C[C@H](NC(=O)CCc1ccccc1)C(=O)NCc1ccco1. The van der Waals surface area contributed by atoms with Crippen LogP contribution in [0.3, 0.4) is 0 Å². The Morgan fingerprint density at radius 2 is 1.84 bits per heavy atom. The van der Waals surface area contributed by atoms with Crippen LogP contribution in [0.5, 0.6) is 0 Å². The normalized spacial score (nSPS) is 12.0. The molecule has 25 heavy (non-hydrogen) atoms. The highest BCUT2D eigenvalue weighted by Gasteiger charge is 2.21. The lowest BCUT2D eigenvalue weighted by molar-refractivity contribution is -0.129. The molecule has 0 saturated carbocycles. The van der Waals surface area contributed by atoms with E-state index in [-0.39, 0.29) is 11.8 Å². The fourth-order valence-electron chi connectivity index (χ4n) is 2.58. The standard InChI is InChI=1S/C20H26N2O3/c1-15(2)13-18(20(24)21-14-17-9-6-12-25-17)22-19(23)11-10-16-7-4-3-5-8-16/h3-9,12,15,18H,10-11,13-14H2,1-2H3,(H,21,24)(H,22,23)/t18-/m0/s1. The van der Waals surface area contributed by atoms with Crippen LogP contribution in [0, 0.1) is 5.92 Å². The second-order valence-corrected chi connectivity index (χ2v) is 6.53. The number of hydrogen-bond donors (Lipinski definition) is 2. The molecule has 5 nitrogen and oxygen atoms in total. The summed E-state index contributed by atoms with van der Waals surface area (Å²) in [4.78, 5) is 24.7. The monoisotopic (exact) mass is 342 g/mol. The van der Waals surface area contributed by atoms with Crippen LogP contribution in [0.2, 0.25) is 0 Å². The van der Waals surface area contributed by atoms with Gasteiger partial charge in [-0.15, -0.1) is 0 Å². The summed E-state index contributed by atoms with van der Waals surface area (Å²) in [5.41, 5.74) is 1.11. The number of hydrogen-bond acceptors (Lipinski definition) is 3. The number of nitrogens with one attached hydrogen (secondary N) is 2. The Labute approximate surface area is 148 Å². The fourth-order valence-corrected chi connectivity index (χ4v) is 2.58. The molecule has 0 saturated heterocycles. The van der Waals surface area contributed by atoms with Crippen LogP contribution in [0.25, 0.3) is 0 Å². The maximum Gasteiger partial charge on any atom is 0.242 e. The summed E-state index contributed by atoms with van der Waals surface area (Å²) in [5, 5.41) is 5.69. The maximum atomic E-state index is 12.4. The molecule has 0 unspecified atom stereocenters. The molecule has 2 rings (SSSR count). The summed E-state index contributed by atoms with van der Waals surface area (Å²) in [7, 11) is 0. The Bertz CT molecular complexity index is 651. The minimum atomic E-state index is -0.529. The highest BCUT2D eigenvalue weighted by Crippen LogP contribution is 2.08. The Kier molecular flexibility index (Phi) is 7.26. The fraction of sp³-hybridized carbons (Fsp3) is 0.400. The van der Waals surface area contributed by atoms with Crippen LogP contribution in [-0.2, 0) is 22.6 Å². The van der Waals surface area contributed by atoms with Crippen LogP contribution in [0.15, 0.2) is 53.1 Å². The quantitative estimate of drug-likeness (QED) is 0.736. The van der Waals surface area contributed by atoms with Crippen molar-refractivity contribution in [3.63, 3.8) is 0 Å². The molecule has 1 aromatic carbocycles. The number of carbonyl (C=O) groups excluding carboxylic acids is 2. The zero-order valence-corrected chi connectivity index (χ0v) is 14.8. The molecule has 0 aliphatic heterocycles. The van der Waals surface area contributed by atoms with E-state index in [4.69, 9.17) is 4.42 Å². The second-order valence-electron chi connectivity index (χ2n) is 6.53. The van der Waals surface area contributed by atoms with E-state index in [0.29, 0.717) is 37.5 Å². The molecule has 0 aliphatic rings. The van der Waals surface area contributed by atoms with Gasteiger partial charge in [0.05, 0.1) is 12.8 Å². The number of aryl methyl sites for hydroxylation is 1. The molecule has 0 fully saturated rings. The van der Waals surface area contributed by atoms with E-state index in [0.717, 1.165) is 5.56 Å². The molecule has 0 spiro atoms. The van der Waals surface area contributed by atoms with Gasteiger partial charge in [-0.2, -0.15) is 0 Å². The van der Waals surface area contributed by atoms with E-state index in [1.54, 1.807) is 18.4 Å². The molecular weight excluding hydrogens is 316 g/mol. The lowest BCUT2D eigenvalue weighted by Crippen LogP contribution is -2.47. The van der Waals surface area contributed by atoms with E-state index in [1.165, 1.54) is 0 Å². The predicted octanol–water partition coefficient (Wildman–Crippen LogP) is 3.06. The van der Waals surface area contributed by atoms with E-state index in [2.05, 4.69) is 10.6 Å². The first-order valence-corrected chi connectivity index (χ1v) is 8.68. The van der Waals surface area contributed by atoms with Crippen molar-refractivity contribution in [2.24, 2.45) is 5.92 Å². The zero-order valence-electron chi connectivity index (χ0n) is 14.8. The van der Waals surface area contributed by atoms with Crippen molar-refractivity contribution in [2.45, 2.75) is 45.7 Å². The molecule has 2 N–H and O–H groups in total. The third kappa shape index (κ3) is 6.83. The average Bonchev–Trinajstić information content (AvgIpc) is 3.11. The van der Waals surface area contributed by atoms with E-state index in [9.17, 15) is 9.59 Å². The molecule has 2 aromatic rings. The van der Waals surface area contributed by atoms with Crippen LogP contribution in [0.1, 0.15) is 38.0 Å². The van der Waals surface area contributed by atoms with Gasteiger partial charge in [0.15, 0.2) is 0 Å². The Morgan fingerprint density at radius 3 is 2.48 bits per heavy atom. The zero-order chi connectivity index (χ0) is 18.1. The Balaban J connectivity index is 1.85. The first-order chi connectivity index (χ1) is 12.0. The summed E-state index contributed by atoms with van der Waals surface area (Å²) in [6.07, 6.45) is 3.19. The van der Waals surface area contributed by atoms with Crippen LogP contribution >= 0.6 is 0 Å². The van der Waals surface area contributed by atoms with Crippen LogP contribution < -0.4 is 10.6 Å². The van der Waals surface area contributed by atoms with Crippen molar-refractivity contribution in [1.29, 1.82) is 0 Å². The van der Waals surface area contributed by atoms with Gasteiger partial charge in [-0.05, 0) is 36.5 Å². The van der Waals surface area contributed by atoms with Gasteiger partial charge >= 0.3 is 0 Å². The van der Waals surface area contributed by atoms with Crippen molar-refractivity contribution < 1.29 is 14.0 Å². The van der Waals surface area contributed by atoms with Crippen molar-refractivity contribution in [1.82, 2.24) is 10.6 Å². The molecule has 1 aromatic heterocycles. The van der Waals surface area contributed by atoms with Gasteiger partial charge in [0.25, 0.3) is 0 Å². The molecule has 5 heteroatoms. The molecule has 0 radical (unpaired) electrons. The molecule has 0 aliphatic carbocycles. The van der Waals surface area contributed by atoms with Crippen LogP contribution in [0.4, 0.5) is 0 Å². The number of furan rings is 1. The lowest BCUT2D eigenvalue weighted by Gasteiger charge is -2.20. The molecule has 1 atom stereocenters. The minimum absolute atomic E-state index is 0.109. The number of carbonyl (C=O) groups is 2. The van der Waals surface area contributed by atoms with Gasteiger partial charge in [-0.1, -0.05) is 44.2 Å². The molecule has 2 amide bonds. The van der Waals surface area contributed by atoms with Gasteiger partial charge < -0.3 is 15.1 Å². The molecule has 0 bridgehead atoms. The van der Waals surface area contributed by atoms with Crippen molar-refractivity contribution in [3.8, 4) is 0 Å². The summed E-state index contributed by atoms with van der Waals surface area (Å²) >= 11 is 0. The molecule has 1 heterocycles. The predicted molar refractivity (Wildman–Crippen MR) is 96.7 cm³/mol. The second kappa shape index (κ2) is 9.67. The highest BCUT2D eigenvalue weighted by molar-refractivity contribution is 5.87. The maximum absolute atomic E-state index is 12.4. The summed E-state index contributed by atoms with van der Waals surface area (Å²) in [5.74, 6) is 0.696. The smallest absolute Gasteiger partial charge is 0.242 e. The summed E-state index contributed by atoms with van der Waals surface area (Å²) in [6, 6.07) is 12.9. The first-order valence-electron chi connectivity index (χ1n) is 8.68. The average molecular weight is 342 g/mol. The van der Waals surface area contributed by atoms with E-state index < -0.39 is 6.04 Å². The number of amides is 2. The van der Waals surface area contributed by atoms with Gasteiger partial charge in [-0.25, -0.2) is 0 Å². The van der Waals surface area contributed by atoms with Crippen molar-refractivity contribution in [3.05, 3.63) is 60.1 Å². The van der Waals surface area contributed by atoms with Gasteiger partial charge in [-0.3, -0.25) is 9.59 Å². The third-order valence-corrected chi connectivity index (χ3v) is 3.86. The lowest BCUT2D eigenvalue weighted by atomic mass is 10.0. The van der Waals surface area contributed by atoms with Gasteiger partial charge in [0, 0.05) is 6.42 Å². The number of rotatable bonds is 9. The highest BCUT2D eigenvalue weighted by atomic mass is 16.3. The Hall–Kier alpha value is -2.56. The topological polar surface area (TPSA) is 71.3 Å². The van der Waals surface area contributed by atoms with Crippen molar-refractivity contribution in [2.75, 3.05) is 0 Å². The summed E-state index contributed by atoms with van der Waals surface area (Å²) < 4.78 is 5.21. The van der Waals surface area contributed by atoms with Gasteiger partial charge in [0.1, 0.15) is 11.8 Å². The van der Waals surface area contributed by atoms with E-state index >= 15 is 0 Å². The minimum Gasteiger partial charge on any atom is -0.467 e. The Morgan fingerprint density at radius 1 is 1.08 bits per heavy atom. The van der Waals surface area contributed by atoms with Crippen molar-refractivity contribution >= 4 is 11.8 Å². The van der Waals surface area contributed by atoms with Gasteiger partial charge in [0.2, 0.25) is 11.8 Å². The molecular formula is C20H26N2O3. The molecule has 134 valence electrons. The van der Waals surface area contributed by atoms with Crippen LogP contribution in [-0.4, -0.2) is 17.9 Å². The third-order valence-electron chi connectivity index (χ3n) is 3.86. The first kappa shape index (κ1) is 18.8. The van der Waals surface area contributed by atoms with E-state index in [1.807, 2.05) is 44.2 Å². The number of benzene rings is 1.